The average Bonchev–Trinajstić information content (AvgIpc) is 2.02. The van der Waals surface area contributed by atoms with E-state index in [0.717, 1.165) is 0 Å². The van der Waals surface area contributed by atoms with Gasteiger partial charge in [0.25, 0.3) is 0 Å². The van der Waals surface area contributed by atoms with Crippen molar-refractivity contribution in [2.24, 2.45) is 0 Å². The molecule has 0 saturated heterocycles. The third-order valence-corrected chi connectivity index (χ3v) is 1.65. The maximum Gasteiger partial charge on any atom is 2.00 e. The minimum absolute atomic E-state index is 0. The standard InChI is InChI=1S/C6H9O7P.Zn/c7-3(8)1-6(12,5(10)11)2-4(9)13-14;/h12H,1-2,14H2,(H,7,8)(H,10,11);/q;+2/p-2. The van der Waals surface area contributed by atoms with Crippen LogP contribution in [0, 0.1) is 0 Å². The van der Waals surface area contributed by atoms with E-state index in [4.69, 9.17) is 5.11 Å². The quantitative estimate of drug-likeness (QED) is 0.407. The van der Waals surface area contributed by atoms with Crippen molar-refractivity contribution in [3.63, 3.8) is 0 Å². The fourth-order valence-electron chi connectivity index (χ4n) is 0.726. The van der Waals surface area contributed by atoms with Crippen LogP contribution in [0.1, 0.15) is 12.8 Å². The van der Waals surface area contributed by atoms with Gasteiger partial charge in [0.2, 0.25) is 0 Å². The maximum atomic E-state index is 10.6. The second-order valence-corrected chi connectivity index (χ2v) is 2.77. The van der Waals surface area contributed by atoms with Gasteiger partial charge in [-0.1, -0.05) is 0 Å². The zero-order valence-corrected chi connectivity index (χ0v) is 11.7. The van der Waals surface area contributed by atoms with Crippen LogP contribution >= 0.6 is 9.47 Å². The van der Waals surface area contributed by atoms with Gasteiger partial charge in [-0.3, -0.25) is 4.79 Å². The number of hydrogen-bond acceptors (Lipinski definition) is 7. The van der Waals surface area contributed by atoms with Crippen molar-refractivity contribution in [2.75, 3.05) is 0 Å². The summed E-state index contributed by atoms with van der Waals surface area (Å²) in [6, 6.07) is 0. The van der Waals surface area contributed by atoms with Crippen molar-refractivity contribution in [1.82, 2.24) is 0 Å². The van der Waals surface area contributed by atoms with Gasteiger partial charge in [-0.2, -0.15) is 0 Å². The molecular formula is C6H7O7PZn. The van der Waals surface area contributed by atoms with Crippen LogP contribution in [0.15, 0.2) is 0 Å². The minimum Gasteiger partial charge on any atom is -0.550 e. The summed E-state index contributed by atoms with van der Waals surface area (Å²) >= 11 is 0. The van der Waals surface area contributed by atoms with Crippen LogP contribution in [0.5, 0.6) is 0 Å². The van der Waals surface area contributed by atoms with Gasteiger partial charge in [0.15, 0.2) is 0 Å². The Balaban J connectivity index is 0. The van der Waals surface area contributed by atoms with Gasteiger partial charge in [-0.15, -0.1) is 0 Å². The van der Waals surface area contributed by atoms with Gasteiger partial charge < -0.3 is 29.4 Å². The molecule has 7 nitrogen and oxygen atoms in total. The van der Waals surface area contributed by atoms with Gasteiger partial charge in [0.1, 0.15) is 5.60 Å². The molecule has 0 amide bonds. The smallest absolute Gasteiger partial charge is 0.550 e. The Morgan fingerprint density at radius 2 is 1.73 bits per heavy atom. The third kappa shape index (κ3) is 5.77. The van der Waals surface area contributed by atoms with Crippen LogP contribution in [-0.4, -0.2) is 28.6 Å². The summed E-state index contributed by atoms with van der Waals surface area (Å²) in [5, 5.41) is 29.6. The molecule has 1 N–H and O–H groups in total. The predicted octanol–water partition coefficient (Wildman–Crippen LogP) is -3.67. The predicted molar refractivity (Wildman–Crippen MR) is 40.0 cm³/mol. The first-order valence-corrected chi connectivity index (χ1v) is 3.82. The topological polar surface area (TPSA) is 127 Å². The van der Waals surface area contributed by atoms with Crippen molar-refractivity contribution < 1.29 is 53.7 Å². The van der Waals surface area contributed by atoms with Crippen molar-refractivity contribution in [3.05, 3.63) is 0 Å². The molecule has 0 fully saturated rings. The van der Waals surface area contributed by atoms with Gasteiger partial charge >= 0.3 is 25.4 Å². The molecule has 0 radical (unpaired) electrons. The van der Waals surface area contributed by atoms with Crippen LogP contribution in [0.25, 0.3) is 0 Å². The number of aliphatic hydroxyl groups is 1. The van der Waals surface area contributed by atoms with E-state index >= 15 is 0 Å². The fourth-order valence-corrected chi connectivity index (χ4v) is 0.809. The van der Waals surface area contributed by atoms with Gasteiger partial charge in [-0.25, -0.2) is 0 Å². The van der Waals surface area contributed by atoms with Crippen LogP contribution in [0.4, 0.5) is 0 Å². The number of hydrogen-bond donors (Lipinski definition) is 1. The first kappa shape index (κ1) is 16.8. The van der Waals surface area contributed by atoms with Crippen LogP contribution < -0.4 is 10.2 Å². The Kier molecular flexibility index (Phi) is 7.66. The molecule has 0 saturated carbocycles. The molecule has 0 aliphatic carbocycles. The molecule has 80 valence electrons. The van der Waals surface area contributed by atoms with E-state index in [0.29, 0.717) is 0 Å². The van der Waals surface area contributed by atoms with Crippen molar-refractivity contribution >= 4 is 27.4 Å². The molecule has 0 rings (SSSR count). The molecule has 0 bridgehead atoms. The van der Waals surface area contributed by atoms with E-state index in [-0.39, 0.29) is 19.5 Å². The van der Waals surface area contributed by atoms with E-state index in [1.165, 1.54) is 9.47 Å². The monoisotopic (exact) mass is 286 g/mol. The number of aliphatic carboxylic acids is 2. The molecule has 0 heterocycles. The summed E-state index contributed by atoms with van der Waals surface area (Å²) in [7, 11) is 1.54. The van der Waals surface area contributed by atoms with Gasteiger partial charge in [0.05, 0.1) is 21.9 Å². The fraction of sp³-hybridized carbons (Fsp3) is 0.500. The van der Waals surface area contributed by atoms with Crippen molar-refractivity contribution in [1.29, 1.82) is 0 Å². The molecule has 0 aliphatic heterocycles. The SMILES string of the molecule is O=C([O-])CC(O)(CC(=O)OP)C(=O)[O-].[Zn+2]. The zero-order valence-electron chi connectivity index (χ0n) is 7.60. The van der Waals surface area contributed by atoms with Crippen molar-refractivity contribution in [2.45, 2.75) is 18.4 Å². The van der Waals surface area contributed by atoms with Gasteiger partial charge in [0, 0.05) is 12.4 Å². The Hall–Kier alpha value is -0.577. The second kappa shape index (κ2) is 6.82. The Morgan fingerprint density at radius 3 is 2.00 bits per heavy atom. The first-order chi connectivity index (χ1) is 6.31. The zero-order chi connectivity index (χ0) is 11.4. The molecule has 0 spiro atoms. The molecule has 0 aliphatic rings. The number of carboxylic acid groups (broad SMARTS) is 2. The van der Waals surface area contributed by atoms with E-state index in [2.05, 4.69) is 4.52 Å². The van der Waals surface area contributed by atoms with Crippen LogP contribution in [0.3, 0.4) is 0 Å². The molecule has 0 aromatic rings. The Morgan fingerprint density at radius 1 is 1.27 bits per heavy atom. The molecule has 9 heteroatoms. The third-order valence-electron chi connectivity index (χ3n) is 1.38. The van der Waals surface area contributed by atoms with Crippen LogP contribution in [0.2, 0.25) is 0 Å². The molecule has 2 unspecified atom stereocenters. The second-order valence-electron chi connectivity index (χ2n) is 2.53. The maximum absolute atomic E-state index is 10.6. The molecule has 2 atom stereocenters. The summed E-state index contributed by atoms with van der Waals surface area (Å²) in [6.07, 6.45) is -2.26. The van der Waals surface area contributed by atoms with E-state index in [1.807, 2.05) is 0 Å². The number of carbonyl (C=O) groups excluding carboxylic acids is 3. The Bertz CT molecular complexity index is 268. The van der Waals surface area contributed by atoms with E-state index in [9.17, 15) is 24.6 Å². The minimum atomic E-state index is -2.80. The summed E-state index contributed by atoms with van der Waals surface area (Å²) in [5.74, 6) is -4.98. The largest absolute Gasteiger partial charge is 2.00 e. The van der Waals surface area contributed by atoms with Crippen molar-refractivity contribution in [3.8, 4) is 0 Å². The molecule has 15 heavy (non-hydrogen) atoms. The summed E-state index contributed by atoms with van der Waals surface area (Å²) in [5.41, 5.74) is -2.80. The van der Waals surface area contributed by atoms with Crippen LogP contribution in [-0.2, 0) is 38.4 Å². The molecule has 0 aromatic carbocycles. The number of rotatable bonds is 5. The van der Waals surface area contributed by atoms with E-state index < -0.39 is 36.4 Å². The normalized spacial score (nSPS) is 13.2. The Labute approximate surface area is 99.8 Å². The summed E-state index contributed by atoms with van der Waals surface area (Å²) in [4.78, 5) is 31.0. The molecule has 0 aromatic heterocycles. The average molecular weight is 287 g/mol. The molecular weight excluding hydrogens is 280 g/mol. The summed E-state index contributed by atoms with van der Waals surface area (Å²) in [6.45, 7) is 0. The number of carbonyl (C=O) groups is 3. The number of carboxylic acids is 2. The first-order valence-electron chi connectivity index (χ1n) is 3.35. The van der Waals surface area contributed by atoms with Gasteiger partial charge in [-0.05, 0) is 0 Å². The van der Waals surface area contributed by atoms with E-state index in [1.54, 1.807) is 0 Å². The summed E-state index contributed by atoms with van der Waals surface area (Å²) < 4.78 is 3.99.